The molecule has 2 saturated heterocycles. The number of phosphoric ester groups is 1. The van der Waals surface area contributed by atoms with E-state index in [0.29, 0.717) is 19.3 Å². The molecule has 24 nitrogen and oxygen atoms in total. The minimum absolute atomic E-state index is 0.0340. The third-order valence-electron chi connectivity index (χ3n) is 18.1. The number of aliphatic hydroxyl groups is 10. The SMILES string of the molecule is CCCCCCCCCCCCCCCCCCC(=O)OCC1OC(OC2C(O)C(O)C(O)C(OC3OC(CO)C(O)C(O)C3O)C2OP(=O)(O)OCC(COC(=O)CCCCCCCCCCCCC)OC(=O)CCCCCCCCCCCCC)C(O)C(O)C1O. The van der Waals surface area contributed by atoms with E-state index in [1.807, 2.05) is 0 Å². The second-order valence-corrected chi connectivity index (χ2v) is 27.7. The Hall–Kier alpha value is -2.04. The van der Waals surface area contributed by atoms with Crippen molar-refractivity contribution in [3.8, 4) is 0 Å². The van der Waals surface area contributed by atoms with Crippen molar-refractivity contribution in [1.82, 2.24) is 0 Å². The lowest BCUT2D eigenvalue weighted by Crippen LogP contribution is -2.69. The van der Waals surface area contributed by atoms with Gasteiger partial charge >= 0.3 is 25.7 Å². The molecule has 0 amide bonds. The van der Waals surface area contributed by atoms with Gasteiger partial charge in [0.15, 0.2) is 18.7 Å². The van der Waals surface area contributed by atoms with Gasteiger partial charge in [-0.1, -0.05) is 245 Å². The summed E-state index contributed by atoms with van der Waals surface area (Å²) in [7, 11) is -5.68. The zero-order chi connectivity index (χ0) is 68.2. The summed E-state index contributed by atoms with van der Waals surface area (Å²) in [5.74, 6) is -1.98. The van der Waals surface area contributed by atoms with Crippen molar-refractivity contribution in [2.75, 3.05) is 26.4 Å². The quantitative estimate of drug-likeness (QED) is 0.0117. The Labute approximate surface area is 555 Å². The molecule has 0 spiro atoms. The van der Waals surface area contributed by atoms with Crippen LogP contribution in [0.15, 0.2) is 0 Å². The van der Waals surface area contributed by atoms with Gasteiger partial charge in [0.05, 0.1) is 13.2 Å². The number of esters is 3. The zero-order valence-electron chi connectivity index (χ0n) is 56.8. The fraction of sp³-hybridized carbons (Fsp3) is 0.956. The first-order valence-electron chi connectivity index (χ1n) is 36.3. The fourth-order valence-corrected chi connectivity index (χ4v) is 13.1. The third-order valence-corrected chi connectivity index (χ3v) is 19.1. The molecule has 18 atom stereocenters. The molecule has 25 heteroatoms. The van der Waals surface area contributed by atoms with Crippen LogP contribution in [0.25, 0.3) is 0 Å². The smallest absolute Gasteiger partial charge is 0.463 e. The van der Waals surface area contributed by atoms with Crippen LogP contribution in [0.3, 0.4) is 0 Å². The molecule has 11 N–H and O–H groups in total. The highest BCUT2D eigenvalue weighted by atomic mass is 31.2. The molecule has 0 aromatic rings. The molecule has 548 valence electrons. The average molecular weight is 1360 g/mol. The van der Waals surface area contributed by atoms with Gasteiger partial charge in [-0.05, 0) is 19.3 Å². The lowest BCUT2D eigenvalue weighted by atomic mass is 9.84. The maximum absolute atomic E-state index is 14.3. The van der Waals surface area contributed by atoms with E-state index < -0.39 is 156 Å². The zero-order valence-corrected chi connectivity index (χ0v) is 57.7. The molecule has 0 aromatic heterocycles. The minimum Gasteiger partial charge on any atom is -0.463 e. The Bertz CT molecular complexity index is 1940. The molecular formula is C68H127O24P. The lowest BCUT2D eigenvalue weighted by molar-refractivity contribution is -0.360. The van der Waals surface area contributed by atoms with Gasteiger partial charge in [0.1, 0.15) is 98.7 Å². The van der Waals surface area contributed by atoms with Gasteiger partial charge in [-0.25, -0.2) is 4.57 Å². The first-order valence-corrected chi connectivity index (χ1v) is 37.8. The minimum atomic E-state index is -5.68. The van der Waals surface area contributed by atoms with E-state index in [2.05, 4.69) is 20.8 Å². The van der Waals surface area contributed by atoms with E-state index in [1.54, 1.807) is 0 Å². The summed E-state index contributed by atoms with van der Waals surface area (Å²) in [4.78, 5) is 50.8. The maximum atomic E-state index is 14.3. The third kappa shape index (κ3) is 35.0. The van der Waals surface area contributed by atoms with Gasteiger partial charge in [-0.2, -0.15) is 0 Å². The molecule has 1 aliphatic carbocycles. The summed E-state index contributed by atoms with van der Waals surface area (Å²) in [5.41, 5.74) is 0. The average Bonchev–Trinajstić information content (AvgIpc) is 0.784. The number of rotatable bonds is 56. The number of aliphatic hydroxyl groups excluding tert-OH is 10. The number of phosphoric acid groups is 1. The standard InChI is InChI=1S/C68H127O24P/c1-4-7-10-13-16-19-22-23-24-25-26-29-31-34-37-40-43-53(71)85-48-51-56(74)58(76)63(81)68(89-51)91-65-61(79)59(77)60(78)64(90-67-62(80)57(75)55(73)50(45-69)88-67)66(65)92-93(82,83)86-47-49(87-54(72)44-41-38-35-32-28-21-18-15-12-9-6-3)46-84-52(70)42-39-36-33-30-27-20-17-14-11-8-5-2/h49-51,55-69,73-81H,4-48H2,1-3H3,(H,82,83). The first kappa shape index (κ1) is 85.2. The molecule has 18 unspecified atom stereocenters. The first-order chi connectivity index (χ1) is 44.8. The van der Waals surface area contributed by atoms with Crippen LogP contribution < -0.4 is 0 Å². The molecule has 1 saturated carbocycles. The second kappa shape index (κ2) is 51.2. The van der Waals surface area contributed by atoms with Gasteiger partial charge in [0, 0.05) is 19.3 Å². The molecule has 2 heterocycles. The lowest BCUT2D eigenvalue weighted by Gasteiger charge is -2.49. The summed E-state index contributed by atoms with van der Waals surface area (Å²) >= 11 is 0. The highest BCUT2D eigenvalue weighted by Gasteiger charge is 2.58. The van der Waals surface area contributed by atoms with Crippen molar-refractivity contribution < 1.29 is 117 Å². The topological polar surface area (TPSA) is 374 Å². The molecule has 93 heavy (non-hydrogen) atoms. The van der Waals surface area contributed by atoms with Crippen molar-refractivity contribution in [2.24, 2.45) is 0 Å². The van der Waals surface area contributed by atoms with Crippen molar-refractivity contribution in [2.45, 2.75) is 388 Å². The van der Waals surface area contributed by atoms with Gasteiger partial charge in [-0.3, -0.25) is 23.4 Å². The molecule has 2 aliphatic heterocycles. The van der Waals surface area contributed by atoms with Crippen LogP contribution in [-0.4, -0.2) is 204 Å². The van der Waals surface area contributed by atoms with Gasteiger partial charge in [-0.15, -0.1) is 0 Å². The largest absolute Gasteiger partial charge is 0.472 e. The summed E-state index contributed by atoms with van der Waals surface area (Å²) in [6.45, 7) is 3.42. The van der Waals surface area contributed by atoms with E-state index in [0.717, 1.165) is 96.3 Å². The van der Waals surface area contributed by atoms with Crippen molar-refractivity contribution in [3.05, 3.63) is 0 Å². The summed E-state index contributed by atoms with van der Waals surface area (Å²) in [6, 6.07) is 0. The summed E-state index contributed by atoms with van der Waals surface area (Å²) in [6.07, 6.45) is 6.30. The van der Waals surface area contributed by atoms with Gasteiger partial charge in [0.2, 0.25) is 0 Å². The molecule has 3 aliphatic rings. The van der Waals surface area contributed by atoms with E-state index in [4.69, 9.17) is 42.2 Å². The van der Waals surface area contributed by atoms with Crippen molar-refractivity contribution in [1.29, 1.82) is 0 Å². The van der Waals surface area contributed by atoms with Crippen LogP contribution in [0.2, 0.25) is 0 Å². The molecular weight excluding hydrogens is 1230 g/mol. The van der Waals surface area contributed by atoms with Crippen molar-refractivity contribution in [3.63, 3.8) is 0 Å². The van der Waals surface area contributed by atoms with Crippen LogP contribution in [0.5, 0.6) is 0 Å². The highest BCUT2D eigenvalue weighted by Crippen LogP contribution is 2.49. The van der Waals surface area contributed by atoms with E-state index >= 15 is 0 Å². The molecule has 0 aromatic carbocycles. The molecule has 3 fully saturated rings. The summed E-state index contributed by atoms with van der Waals surface area (Å²) in [5, 5.41) is 110. The van der Waals surface area contributed by atoms with Crippen LogP contribution in [0.1, 0.15) is 284 Å². The number of hydrogen-bond donors (Lipinski definition) is 11. The van der Waals surface area contributed by atoms with Gasteiger partial charge < -0.3 is 89.1 Å². The van der Waals surface area contributed by atoms with Crippen LogP contribution in [0, 0.1) is 0 Å². The number of ether oxygens (including phenoxy) is 7. The molecule has 0 radical (unpaired) electrons. The predicted molar refractivity (Wildman–Crippen MR) is 347 cm³/mol. The van der Waals surface area contributed by atoms with Gasteiger partial charge in [0.25, 0.3) is 0 Å². The van der Waals surface area contributed by atoms with Crippen LogP contribution in [-0.2, 0) is 61.2 Å². The fourth-order valence-electron chi connectivity index (χ4n) is 12.2. The van der Waals surface area contributed by atoms with Crippen LogP contribution in [0.4, 0.5) is 0 Å². The Morgan fingerprint density at radius 2 is 0.688 bits per heavy atom. The monoisotopic (exact) mass is 1360 g/mol. The predicted octanol–water partition coefficient (Wildman–Crippen LogP) is 9.01. The number of carbonyl (C=O) groups is 3. The second-order valence-electron chi connectivity index (χ2n) is 26.3. The molecule has 3 rings (SSSR count). The van der Waals surface area contributed by atoms with E-state index in [9.17, 15) is 74.9 Å². The number of hydrogen-bond acceptors (Lipinski definition) is 23. The number of carbonyl (C=O) groups excluding carboxylic acids is 3. The Morgan fingerprint density at radius 1 is 0.376 bits per heavy atom. The summed E-state index contributed by atoms with van der Waals surface area (Å²) < 4.78 is 64.8. The van der Waals surface area contributed by atoms with Crippen LogP contribution >= 0.6 is 7.82 Å². The Morgan fingerprint density at radius 3 is 1.05 bits per heavy atom. The highest BCUT2D eigenvalue weighted by molar-refractivity contribution is 7.47. The van der Waals surface area contributed by atoms with Crippen molar-refractivity contribution >= 4 is 25.7 Å². The number of unbranched alkanes of at least 4 members (excludes halogenated alkanes) is 35. The Balaban J connectivity index is 1.73. The van der Waals surface area contributed by atoms with E-state index in [1.165, 1.54) is 128 Å². The normalized spacial score (nSPS) is 28.4. The molecule has 0 bridgehead atoms. The Kier molecular flexibility index (Phi) is 46.9. The maximum Gasteiger partial charge on any atom is 0.472 e. The van der Waals surface area contributed by atoms with E-state index in [-0.39, 0.29) is 19.3 Å².